The predicted octanol–water partition coefficient (Wildman–Crippen LogP) is 3.19. The molecule has 1 aromatic rings. The second-order valence-electron chi connectivity index (χ2n) is 5.65. The van der Waals surface area contributed by atoms with Gasteiger partial charge >= 0.3 is 0 Å². The standard InChI is InChI=1S/C20H24N2O3S/c1-4-7-15(5-2)20(24)22-11-13-26-18-9-8-16(14-17(18)22)19(23)21-10-6-12-25-3/h4-5,7-9,14H,1-2,6,10-13H2,3H3,(H,21,23)/b15-7+. The van der Waals surface area contributed by atoms with Crippen molar-refractivity contribution in [2.45, 2.75) is 11.3 Å². The highest BCUT2D eigenvalue weighted by Gasteiger charge is 2.25. The van der Waals surface area contributed by atoms with Gasteiger partial charge in [0.15, 0.2) is 0 Å². The second kappa shape index (κ2) is 9.99. The molecule has 1 aliphatic rings. The first-order valence-electron chi connectivity index (χ1n) is 8.43. The number of carbonyl (C=O) groups is 2. The van der Waals surface area contributed by atoms with Crippen LogP contribution in [0.5, 0.6) is 0 Å². The van der Waals surface area contributed by atoms with Crippen molar-refractivity contribution >= 4 is 29.3 Å². The van der Waals surface area contributed by atoms with Crippen LogP contribution in [0.2, 0.25) is 0 Å². The van der Waals surface area contributed by atoms with Crippen molar-refractivity contribution in [1.82, 2.24) is 5.32 Å². The summed E-state index contributed by atoms with van der Waals surface area (Å²) in [6.07, 6.45) is 5.49. The summed E-state index contributed by atoms with van der Waals surface area (Å²) in [5.74, 6) is 0.511. The first-order chi connectivity index (χ1) is 12.6. The molecule has 1 aromatic carbocycles. The highest BCUT2D eigenvalue weighted by molar-refractivity contribution is 7.99. The first kappa shape index (κ1) is 20.0. The minimum absolute atomic E-state index is 0.140. The molecule has 2 rings (SSSR count). The van der Waals surface area contributed by atoms with Crippen LogP contribution >= 0.6 is 11.8 Å². The fraction of sp³-hybridized carbons (Fsp3) is 0.300. The molecule has 0 aliphatic carbocycles. The third kappa shape index (κ3) is 4.86. The zero-order chi connectivity index (χ0) is 18.9. The Kier molecular flexibility index (Phi) is 7.69. The number of allylic oxidation sites excluding steroid dienone is 2. The average Bonchev–Trinajstić information content (AvgIpc) is 2.67. The zero-order valence-electron chi connectivity index (χ0n) is 15.0. The Morgan fingerprint density at radius 3 is 2.88 bits per heavy atom. The number of amides is 2. The van der Waals surface area contributed by atoms with Gasteiger partial charge in [0.1, 0.15) is 0 Å². The van der Waals surface area contributed by atoms with Crippen LogP contribution in [0, 0.1) is 0 Å². The molecule has 0 radical (unpaired) electrons. The summed E-state index contributed by atoms with van der Waals surface area (Å²) < 4.78 is 4.98. The number of rotatable bonds is 8. The Bertz CT molecular complexity index is 728. The summed E-state index contributed by atoms with van der Waals surface area (Å²) in [5, 5.41) is 2.87. The number of hydrogen-bond donors (Lipinski definition) is 1. The van der Waals surface area contributed by atoms with Gasteiger partial charge in [-0.2, -0.15) is 0 Å². The maximum absolute atomic E-state index is 12.8. The van der Waals surface area contributed by atoms with Crippen molar-refractivity contribution < 1.29 is 14.3 Å². The maximum Gasteiger partial charge on any atom is 0.258 e. The summed E-state index contributed by atoms with van der Waals surface area (Å²) in [6, 6.07) is 5.47. The molecule has 0 atom stereocenters. The van der Waals surface area contributed by atoms with E-state index in [1.165, 1.54) is 6.08 Å². The maximum atomic E-state index is 12.8. The van der Waals surface area contributed by atoms with E-state index < -0.39 is 0 Å². The highest BCUT2D eigenvalue weighted by Crippen LogP contribution is 2.36. The number of methoxy groups -OCH3 is 1. The fourth-order valence-electron chi connectivity index (χ4n) is 2.60. The van der Waals surface area contributed by atoms with Gasteiger partial charge in [-0.05, 0) is 24.6 Å². The molecule has 0 saturated carbocycles. The summed E-state index contributed by atoms with van der Waals surface area (Å²) in [4.78, 5) is 27.9. The SMILES string of the molecule is C=C/C=C(\C=C)C(=O)N1CCSc2ccc(C(=O)NCCCOC)cc21. The van der Waals surface area contributed by atoms with E-state index in [0.29, 0.717) is 30.8 Å². The Morgan fingerprint density at radius 2 is 2.19 bits per heavy atom. The van der Waals surface area contributed by atoms with Crippen LogP contribution in [-0.4, -0.2) is 44.4 Å². The number of hydrogen-bond acceptors (Lipinski definition) is 4. The molecule has 1 N–H and O–H groups in total. The lowest BCUT2D eigenvalue weighted by Gasteiger charge is -2.29. The van der Waals surface area contributed by atoms with Gasteiger partial charge in [0.2, 0.25) is 0 Å². The molecule has 0 bridgehead atoms. The predicted molar refractivity (Wildman–Crippen MR) is 107 cm³/mol. The highest BCUT2D eigenvalue weighted by atomic mass is 32.2. The number of fused-ring (bicyclic) bond motifs is 1. The number of nitrogens with one attached hydrogen (secondary N) is 1. The quantitative estimate of drug-likeness (QED) is 0.433. The smallest absolute Gasteiger partial charge is 0.258 e. The zero-order valence-corrected chi connectivity index (χ0v) is 15.8. The van der Waals surface area contributed by atoms with Crippen LogP contribution in [0.25, 0.3) is 0 Å². The van der Waals surface area contributed by atoms with Gasteiger partial charge in [-0.15, -0.1) is 11.8 Å². The summed E-state index contributed by atoms with van der Waals surface area (Å²) >= 11 is 1.68. The Balaban J connectivity index is 2.23. The molecule has 0 saturated heterocycles. The van der Waals surface area contributed by atoms with E-state index in [0.717, 1.165) is 22.8 Å². The number of nitrogens with zero attached hydrogens (tertiary/aromatic N) is 1. The summed E-state index contributed by atoms with van der Waals surface area (Å²) in [7, 11) is 1.63. The van der Waals surface area contributed by atoms with Crippen molar-refractivity contribution in [1.29, 1.82) is 0 Å². The van der Waals surface area contributed by atoms with E-state index in [1.54, 1.807) is 48.1 Å². The Morgan fingerprint density at radius 1 is 1.38 bits per heavy atom. The van der Waals surface area contributed by atoms with E-state index in [9.17, 15) is 9.59 Å². The van der Waals surface area contributed by atoms with Crippen molar-refractivity contribution in [2.24, 2.45) is 0 Å². The average molecular weight is 372 g/mol. The number of thioether (sulfide) groups is 1. The van der Waals surface area contributed by atoms with Gasteiger partial charge in [0.25, 0.3) is 11.8 Å². The Hall–Kier alpha value is -2.31. The molecule has 26 heavy (non-hydrogen) atoms. The third-order valence-electron chi connectivity index (χ3n) is 3.90. The number of benzene rings is 1. The van der Waals surface area contributed by atoms with E-state index >= 15 is 0 Å². The van der Waals surface area contributed by atoms with Gasteiger partial charge in [-0.3, -0.25) is 9.59 Å². The van der Waals surface area contributed by atoms with Gasteiger partial charge in [0.05, 0.1) is 5.69 Å². The molecule has 0 fully saturated rings. The normalized spacial score (nSPS) is 13.7. The molecular formula is C20H24N2O3S. The number of ether oxygens (including phenoxy) is 1. The molecule has 0 unspecified atom stereocenters. The largest absolute Gasteiger partial charge is 0.385 e. The molecule has 138 valence electrons. The molecule has 5 nitrogen and oxygen atoms in total. The molecular weight excluding hydrogens is 348 g/mol. The van der Waals surface area contributed by atoms with E-state index in [-0.39, 0.29) is 11.8 Å². The number of anilines is 1. The van der Waals surface area contributed by atoms with Crippen molar-refractivity contribution in [2.75, 3.05) is 37.5 Å². The van der Waals surface area contributed by atoms with Crippen LogP contribution in [0.4, 0.5) is 5.69 Å². The van der Waals surface area contributed by atoms with Crippen LogP contribution in [0.1, 0.15) is 16.8 Å². The summed E-state index contributed by atoms with van der Waals surface area (Å²) in [6.45, 7) is 9.07. The van der Waals surface area contributed by atoms with Crippen LogP contribution < -0.4 is 10.2 Å². The molecule has 0 spiro atoms. The summed E-state index contributed by atoms with van der Waals surface area (Å²) in [5.41, 5.74) is 1.77. The lowest BCUT2D eigenvalue weighted by atomic mass is 10.1. The van der Waals surface area contributed by atoms with Crippen LogP contribution in [0.3, 0.4) is 0 Å². The van der Waals surface area contributed by atoms with Gasteiger partial charge < -0.3 is 15.0 Å². The first-order valence-corrected chi connectivity index (χ1v) is 9.42. The van der Waals surface area contributed by atoms with Gasteiger partial charge in [-0.1, -0.05) is 31.4 Å². The lowest BCUT2D eigenvalue weighted by Crippen LogP contribution is -2.36. The van der Waals surface area contributed by atoms with Crippen molar-refractivity contribution in [3.05, 3.63) is 60.7 Å². The van der Waals surface area contributed by atoms with E-state index in [1.807, 2.05) is 6.07 Å². The van der Waals surface area contributed by atoms with Gasteiger partial charge in [-0.25, -0.2) is 0 Å². The van der Waals surface area contributed by atoms with Crippen LogP contribution in [0.15, 0.2) is 60.1 Å². The second-order valence-corrected chi connectivity index (χ2v) is 6.79. The third-order valence-corrected chi connectivity index (χ3v) is 4.95. The van der Waals surface area contributed by atoms with Crippen LogP contribution in [-0.2, 0) is 9.53 Å². The van der Waals surface area contributed by atoms with Crippen molar-refractivity contribution in [3.63, 3.8) is 0 Å². The molecule has 0 aromatic heterocycles. The lowest BCUT2D eigenvalue weighted by molar-refractivity contribution is -0.114. The minimum atomic E-state index is -0.155. The topological polar surface area (TPSA) is 58.6 Å². The van der Waals surface area contributed by atoms with Gasteiger partial charge in [0, 0.05) is 48.6 Å². The molecule has 1 heterocycles. The fourth-order valence-corrected chi connectivity index (χ4v) is 3.57. The van der Waals surface area contributed by atoms with E-state index in [2.05, 4.69) is 18.5 Å². The molecule has 6 heteroatoms. The monoisotopic (exact) mass is 372 g/mol. The van der Waals surface area contributed by atoms with Crippen molar-refractivity contribution in [3.8, 4) is 0 Å². The number of carbonyl (C=O) groups excluding carboxylic acids is 2. The molecule has 1 aliphatic heterocycles. The van der Waals surface area contributed by atoms with E-state index in [4.69, 9.17) is 4.74 Å². The Labute approximate surface area is 158 Å². The minimum Gasteiger partial charge on any atom is -0.385 e. The molecule has 2 amide bonds.